The van der Waals surface area contributed by atoms with E-state index in [0.29, 0.717) is 12.3 Å². The van der Waals surface area contributed by atoms with Crippen molar-refractivity contribution >= 4 is 5.91 Å². The molecule has 0 aromatic heterocycles. The lowest BCUT2D eigenvalue weighted by Crippen LogP contribution is -2.39. The molecule has 1 heterocycles. The van der Waals surface area contributed by atoms with Crippen LogP contribution in [0.5, 0.6) is 5.75 Å². The second-order valence-electron chi connectivity index (χ2n) is 6.06. The molecular formula is C19H27NO2. The number of hydrogen-bond acceptors (Lipinski definition) is 2. The fourth-order valence-corrected chi connectivity index (χ4v) is 3.07. The summed E-state index contributed by atoms with van der Waals surface area (Å²) in [5.41, 5.74) is 1.34. The van der Waals surface area contributed by atoms with Gasteiger partial charge in [-0.05, 0) is 55.7 Å². The van der Waals surface area contributed by atoms with Crippen LogP contribution < -0.4 is 4.74 Å². The first kappa shape index (κ1) is 16.6. The van der Waals surface area contributed by atoms with Crippen molar-refractivity contribution in [3.05, 3.63) is 42.5 Å². The number of carbonyl (C=O) groups is 1. The summed E-state index contributed by atoms with van der Waals surface area (Å²) in [5, 5.41) is 0. The van der Waals surface area contributed by atoms with Crippen LogP contribution >= 0.6 is 0 Å². The van der Waals surface area contributed by atoms with Crippen molar-refractivity contribution in [2.45, 2.75) is 38.5 Å². The zero-order valence-electron chi connectivity index (χ0n) is 13.6. The molecule has 1 aromatic rings. The van der Waals surface area contributed by atoms with Crippen LogP contribution in [-0.2, 0) is 11.2 Å². The van der Waals surface area contributed by atoms with E-state index in [1.807, 2.05) is 23.1 Å². The Morgan fingerprint density at radius 2 is 2.18 bits per heavy atom. The molecule has 1 amide bonds. The fraction of sp³-hybridized carbons (Fsp3) is 0.526. The predicted octanol–water partition coefficient (Wildman–Crippen LogP) is 3.83. The summed E-state index contributed by atoms with van der Waals surface area (Å²) >= 11 is 0. The molecule has 0 bridgehead atoms. The monoisotopic (exact) mass is 301 g/mol. The van der Waals surface area contributed by atoms with Gasteiger partial charge in [0.2, 0.25) is 5.91 Å². The fourth-order valence-electron chi connectivity index (χ4n) is 3.07. The lowest BCUT2D eigenvalue weighted by Gasteiger charge is -2.33. The molecule has 0 spiro atoms. The first-order valence-corrected chi connectivity index (χ1v) is 8.24. The number of aryl methyl sites for hydroxylation is 1. The van der Waals surface area contributed by atoms with Gasteiger partial charge in [-0.25, -0.2) is 0 Å². The summed E-state index contributed by atoms with van der Waals surface area (Å²) in [6.45, 7) is 5.54. The highest BCUT2D eigenvalue weighted by Crippen LogP contribution is 2.23. The largest absolute Gasteiger partial charge is 0.497 e. The number of allylic oxidation sites excluding steroid dienone is 1. The highest BCUT2D eigenvalue weighted by molar-refractivity contribution is 5.76. The molecule has 22 heavy (non-hydrogen) atoms. The molecule has 1 aliphatic heterocycles. The molecule has 0 N–H and O–H groups in total. The second kappa shape index (κ2) is 8.62. The van der Waals surface area contributed by atoms with Gasteiger partial charge in [-0.1, -0.05) is 18.2 Å². The summed E-state index contributed by atoms with van der Waals surface area (Å²) in [7, 11) is 1.69. The van der Waals surface area contributed by atoms with Crippen LogP contribution in [0, 0.1) is 5.92 Å². The average molecular weight is 301 g/mol. The van der Waals surface area contributed by atoms with E-state index in [2.05, 4.69) is 18.7 Å². The number of ether oxygens (including phenoxy) is 1. The van der Waals surface area contributed by atoms with Crippen LogP contribution in [0.1, 0.15) is 37.7 Å². The molecule has 120 valence electrons. The Bertz CT molecular complexity index is 481. The Labute approximate surface area is 134 Å². The molecule has 3 heteroatoms. The third-order valence-electron chi connectivity index (χ3n) is 4.43. The van der Waals surface area contributed by atoms with E-state index >= 15 is 0 Å². The molecule has 1 saturated heterocycles. The number of rotatable bonds is 7. The van der Waals surface area contributed by atoms with Crippen molar-refractivity contribution < 1.29 is 9.53 Å². The number of carbonyl (C=O) groups excluding carboxylic acids is 1. The standard InChI is InChI=1S/C19H27NO2/c1-3-4-7-19(21)20-14-5-6-17(15-20)9-8-16-10-12-18(22-2)13-11-16/h3,10-13,17H,1,4-9,14-15H2,2H3/t17-/m0/s1. The van der Waals surface area contributed by atoms with Gasteiger partial charge < -0.3 is 9.64 Å². The number of hydrogen-bond donors (Lipinski definition) is 0. The Kier molecular flexibility index (Phi) is 6.50. The minimum Gasteiger partial charge on any atom is -0.497 e. The smallest absolute Gasteiger partial charge is 0.222 e. The normalized spacial score (nSPS) is 18.0. The molecule has 0 radical (unpaired) electrons. The number of benzene rings is 1. The number of likely N-dealkylation sites (tertiary alicyclic amines) is 1. The van der Waals surface area contributed by atoms with Crippen molar-refractivity contribution in [2.75, 3.05) is 20.2 Å². The first-order valence-electron chi connectivity index (χ1n) is 8.24. The highest BCUT2D eigenvalue weighted by atomic mass is 16.5. The minimum absolute atomic E-state index is 0.286. The van der Waals surface area contributed by atoms with Gasteiger partial charge in [-0.3, -0.25) is 4.79 Å². The van der Waals surface area contributed by atoms with E-state index in [-0.39, 0.29) is 5.91 Å². The molecule has 1 fully saturated rings. The zero-order valence-corrected chi connectivity index (χ0v) is 13.6. The lowest BCUT2D eigenvalue weighted by molar-refractivity contribution is -0.132. The third kappa shape index (κ3) is 4.90. The third-order valence-corrected chi connectivity index (χ3v) is 4.43. The maximum absolute atomic E-state index is 12.1. The summed E-state index contributed by atoms with van der Waals surface area (Å²) in [5.74, 6) is 1.82. The molecule has 0 unspecified atom stereocenters. The Balaban J connectivity index is 1.79. The Hall–Kier alpha value is -1.77. The van der Waals surface area contributed by atoms with Crippen LogP contribution in [0.2, 0.25) is 0 Å². The van der Waals surface area contributed by atoms with Gasteiger partial charge >= 0.3 is 0 Å². The van der Waals surface area contributed by atoms with Gasteiger partial charge in [0.15, 0.2) is 0 Å². The molecule has 0 saturated carbocycles. The van der Waals surface area contributed by atoms with E-state index in [0.717, 1.165) is 44.5 Å². The SMILES string of the molecule is C=CCCC(=O)N1CCC[C@@H](CCc2ccc(OC)cc2)C1. The second-order valence-corrected chi connectivity index (χ2v) is 6.06. The molecule has 1 aromatic carbocycles. The van der Waals surface area contributed by atoms with Crippen molar-refractivity contribution in [3.8, 4) is 5.75 Å². The first-order chi connectivity index (χ1) is 10.7. The van der Waals surface area contributed by atoms with Crippen LogP contribution in [0.4, 0.5) is 0 Å². The van der Waals surface area contributed by atoms with Crippen molar-refractivity contribution in [1.29, 1.82) is 0 Å². The molecule has 1 atom stereocenters. The lowest BCUT2D eigenvalue weighted by atomic mass is 9.91. The van der Waals surface area contributed by atoms with Gasteiger partial charge in [-0.2, -0.15) is 0 Å². The van der Waals surface area contributed by atoms with E-state index < -0.39 is 0 Å². The van der Waals surface area contributed by atoms with E-state index in [4.69, 9.17) is 4.74 Å². The van der Waals surface area contributed by atoms with Crippen molar-refractivity contribution in [3.63, 3.8) is 0 Å². The zero-order chi connectivity index (χ0) is 15.8. The molecule has 0 aliphatic carbocycles. The van der Waals surface area contributed by atoms with E-state index in [9.17, 15) is 4.79 Å². The quantitative estimate of drug-likeness (QED) is 0.716. The molecule has 3 nitrogen and oxygen atoms in total. The number of amides is 1. The summed E-state index contributed by atoms with van der Waals surface area (Å²) in [6, 6.07) is 8.30. The highest BCUT2D eigenvalue weighted by Gasteiger charge is 2.22. The van der Waals surface area contributed by atoms with Crippen LogP contribution in [0.25, 0.3) is 0 Å². The molecular weight excluding hydrogens is 274 g/mol. The number of piperidine rings is 1. The van der Waals surface area contributed by atoms with Crippen molar-refractivity contribution in [1.82, 2.24) is 4.90 Å². The number of nitrogens with zero attached hydrogens (tertiary/aromatic N) is 1. The maximum atomic E-state index is 12.1. The summed E-state index contributed by atoms with van der Waals surface area (Å²) in [6.07, 6.45) is 7.80. The average Bonchev–Trinajstić information content (AvgIpc) is 2.58. The van der Waals surface area contributed by atoms with Gasteiger partial charge in [-0.15, -0.1) is 6.58 Å². The maximum Gasteiger partial charge on any atom is 0.222 e. The molecule has 2 rings (SSSR count). The van der Waals surface area contributed by atoms with E-state index in [1.165, 1.54) is 12.0 Å². The van der Waals surface area contributed by atoms with Crippen LogP contribution in [0.3, 0.4) is 0 Å². The van der Waals surface area contributed by atoms with Gasteiger partial charge in [0, 0.05) is 19.5 Å². The van der Waals surface area contributed by atoms with Crippen molar-refractivity contribution in [2.24, 2.45) is 5.92 Å². The van der Waals surface area contributed by atoms with Gasteiger partial charge in [0.25, 0.3) is 0 Å². The summed E-state index contributed by atoms with van der Waals surface area (Å²) in [4.78, 5) is 14.2. The Morgan fingerprint density at radius 3 is 2.86 bits per heavy atom. The van der Waals surface area contributed by atoms with Gasteiger partial charge in [0.1, 0.15) is 5.75 Å². The topological polar surface area (TPSA) is 29.5 Å². The minimum atomic E-state index is 0.286. The van der Waals surface area contributed by atoms with Gasteiger partial charge in [0.05, 0.1) is 7.11 Å². The Morgan fingerprint density at radius 1 is 1.41 bits per heavy atom. The predicted molar refractivity (Wildman–Crippen MR) is 90.1 cm³/mol. The van der Waals surface area contributed by atoms with E-state index in [1.54, 1.807) is 7.11 Å². The van der Waals surface area contributed by atoms with Crippen LogP contribution in [-0.4, -0.2) is 31.0 Å². The van der Waals surface area contributed by atoms with Crippen LogP contribution in [0.15, 0.2) is 36.9 Å². The number of methoxy groups -OCH3 is 1. The summed E-state index contributed by atoms with van der Waals surface area (Å²) < 4.78 is 5.19. The molecule has 1 aliphatic rings.